The van der Waals surface area contributed by atoms with Gasteiger partial charge in [-0.3, -0.25) is 9.59 Å². The second kappa shape index (κ2) is 9.93. The van der Waals surface area contributed by atoms with Crippen molar-refractivity contribution in [3.8, 4) is 0 Å². The van der Waals surface area contributed by atoms with E-state index in [1.54, 1.807) is 20.2 Å². The Balaban J connectivity index is 1.69. The maximum Gasteiger partial charge on any atom is 0.316 e. The molecule has 0 aliphatic heterocycles. The minimum absolute atomic E-state index is 0.0884. The van der Waals surface area contributed by atoms with Crippen LogP contribution in [0.1, 0.15) is 28.5 Å². The molecule has 0 aliphatic rings. The van der Waals surface area contributed by atoms with Gasteiger partial charge in [0.1, 0.15) is 0 Å². The lowest BCUT2D eigenvalue weighted by atomic mass is 10.1. The number of nitrogens with one attached hydrogen (secondary N) is 1. The zero-order chi connectivity index (χ0) is 18.8. The van der Waals surface area contributed by atoms with Gasteiger partial charge in [0.2, 0.25) is 5.91 Å². The van der Waals surface area contributed by atoms with E-state index in [0.717, 1.165) is 12.8 Å². The largest absolute Gasteiger partial charge is 0.345 e. The molecule has 0 bridgehead atoms. The maximum atomic E-state index is 11.7. The molecular weight excluding hydrogens is 332 g/mol. The van der Waals surface area contributed by atoms with Crippen LogP contribution in [-0.4, -0.2) is 41.0 Å². The van der Waals surface area contributed by atoms with Crippen LogP contribution in [0.2, 0.25) is 0 Å². The summed E-state index contributed by atoms with van der Waals surface area (Å²) in [5.74, 6) is -0.509. The number of hydrogen-bond acceptors (Lipinski definition) is 5. The summed E-state index contributed by atoms with van der Waals surface area (Å²) < 4.78 is 4.85. The predicted octanol–water partition coefficient (Wildman–Crippen LogP) is 2.13. The number of amides is 2. The van der Waals surface area contributed by atoms with Crippen molar-refractivity contribution in [2.75, 3.05) is 14.1 Å². The lowest BCUT2D eigenvalue weighted by Crippen LogP contribution is -2.23. The SMILES string of the molecule is CN(C)C(=O)c1nc(CNC(=O)/C=C/C=C/CCc2ccccc2)no1. The summed E-state index contributed by atoms with van der Waals surface area (Å²) in [6, 6.07) is 10.2. The molecule has 1 aromatic carbocycles. The third kappa shape index (κ3) is 6.35. The van der Waals surface area contributed by atoms with E-state index in [1.165, 1.54) is 16.5 Å². The summed E-state index contributed by atoms with van der Waals surface area (Å²) in [4.78, 5) is 28.6. The van der Waals surface area contributed by atoms with E-state index in [0.29, 0.717) is 0 Å². The Morgan fingerprint density at radius 2 is 1.96 bits per heavy atom. The van der Waals surface area contributed by atoms with Crippen molar-refractivity contribution in [2.45, 2.75) is 19.4 Å². The van der Waals surface area contributed by atoms with E-state index >= 15 is 0 Å². The summed E-state index contributed by atoms with van der Waals surface area (Å²) in [7, 11) is 3.18. The Kier molecular flexibility index (Phi) is 7.30. The molecular formula is C19H22N4O3. The van der Waals surface area contributed by atoms with Gasteiger partial charge in [0, 0.05) is 20.2 Å². The molecule has 0 aliphatic carbocycles. The minimum atomic E-state index is -0.379. The Hall–Kier alpha value is -3.22. The van der Waals surface area contributed by atoms with E-state index in [-0.39, 0.29) is 30.1 Å². The van der Waals surface area contributed by atoms with E-state index in [2.05, 4.69) is 27.6 Å². The molecule has 1 N–H and O–H groups in total. The smallest absolute Gasteiger partial charge is 0.316 e. The maximum absolute atomic E-state index is 11.7. The van der Waals surface area contributed by atoms with Crippen LogP contribution in [0.4, 0.5) is 0 Å². The number of rotatable bonds is 8. The van der Waals surface area contributed by atoms with Crippen molar-refractivity contribution < 1.29 is 14.1 Å². The fourth-order valence-corrected chi connectivity index (χ4v) is 2.04. The molecule has 2 rings (SSSR count). The average molecular weight is 354 g/mol. The van der Waals surface area contributed by atoms with Crippen molar-refractivity contribution in [1.82, 2.24) is 20.4 Å². The average Bonchev–Trinajstić information content (AvgIpc) is 3.12. The Morgan fingerprint density at radius 3 is 2.69 bits per heavy atom. The molecule has 1 heterocycles. The van der Waals surface area contributed by atoms with Crippen LogP contribution in [0.3, 0.4) is 0 Å². The predicted molar refractivity (Wildman–Crippen MR) is 97.2 cm³/mol. The molecule has 0 atom stereocenters. The van der Waals surface area contributed by atoms with Crippen molar-refractivity contribution in [1.29, 1.82) is 0 Å². The molecule has 0 spiro atoms. The highest BCUT2D eigenvalue weighted by molar-refractivity contribution is 5.89. The zero-order valence-electron chi connectivity index (χ0n) is 14.9. The molecule has 0 unspecified atom stereocenters. The second-order valence-electron chi connectivity index (χ2n) is 5.74. The summed E-state index contributed by atoms with van der Waals surface area (Å²) in [5, 5.41) is 6.28. The van der Waals surface area contributed by atoms with Crippen LogP contribution in [0.25, 0.3) is 0 Å². The number of allylic oxidation sites excluding steroid dienone is 3. The van der Waals surface area contributed by atoms with Gasteiger partial charge in [0.05, 0.1) is 6.54 Å². The molecule has 2 amide bonds. The first-order chi connectivity index (χ1) is 12.6. The summed E-state index contributed by atoms with van der Waals surface area (Å²) >= 11 is 0. The van der Waals surface area contributed by atoms with Crippen molar-refractivity contribution >= 4 is 11.8 Å². The topological polar surface area (TPSA) is 88.3 Å². The van der Waals surface area contributed by atoms with Crippen LogP contribution in [0.15, 0.2) is 59.2 Å². The third-order valence-corrected chi connectivity index (χ3v) is 3.42. The van der Waals surface area contributed by atoms with Crippen LogP contribution < -0.4 is 5.32 Å². The number of hydrogen-bond donors (Lipinski definition) is 1. The molecule has 136 valence electrons. The van der Waals surface area contributed by atoms with Gasteiger partial charge in [0.25, 0.3) is 0 Å². The molecule has 0 saturated carbocycles. The van der Waals surface area contributed by atoms with Gasteiger partial charge in [-0.05, 0) is 18.4 Å². The molecule has 2 aromatic rings. The van der Waals surface area contributed by atoms with Crippen LogP contribution in [-0.2, 0) is 17.8 Å². The van der Waals surface area contributed by atoms with E-state index in [1.807, 2.05) is 30.4 Å². The van der Waals surface area contributed by atoms with Gasteiger partial charge in [-0.1, -0.05) is 53.7 Å². The first-order valence-electron chi connectivity index (χ1n) is 8.25. The standard InChI is InChI=1S/C19H22N4O3/c1-23(2)19(25)18-21-16(22-26-18)14-20-17(24)13-9-4-3-6-10-15-11-7-5-8-12-15/h3-5,7-9,11-13H,6,10,14H2,1-2H3,(H,20,24)/b4-3+,13-9+. The molecule has 0 radical (unpaired) electrons. The molecule has 0 fully saturated rings. The highest BCUT2D eigenvalue weighted by atomic mass is 16.5. The van der Waals surface area contributed by atoms with Gasteiger partial charge < -0.3 is 14.7 Å². The fourth-order valence-electron chi connectivity index (χ4n) is 2.04. The molecule has 0 saturated heterocycles. The molecule has 7 nitrogen and oxygen atoms in total. The quantitative estimate of drug-likeness (QED) is 0.579. The number of aromatic nitrogens is 2. The van der Waals surface area contributed by atoms with Crippen molar-refractivity contribution in [3.63, 3.8) is 0 Å². The molecule has 26 heavy (non-hydrogen) atoms. The van der Waals surface area contributed by atoms with E-state index < -0.39 is 0 Å². The molecule has 7 heteroatoms. The van der Waals surface area contributed by atoms with Crippen LogP contribution >= 0.6 is 0 Å². The van der Waals surface area contributed by atoms with Gasteiger partial charge >= 0.3 is 11.8 Å². The van der Waals surface area contributed by atoms with Crippen molar-refractivity contribution in [2.24, 2.45) is 0 Å². The normalized spacial score (nSPS) is 11.2. The third-order valence-electron chi connectivity index (χ3n) is 3.42. The van der Waals surface area contributed by atoms with Gasteiger partial charge in [-0.2, -0.15) is 4.98 Å². The first-order valence-corrected chi connectivity index (χ1v) is 8.25. The lowest BCUT2D eigenvalue weighted by Gasteiger charge is -2.04. The monoisotopic (exact) mass is 354 g/mol. The van der Waals surface area contributed by atoms with E-state index in [4.69, 9.17) is 4.52 Å². The number of carbonyl (C=O) groups excluding carboxylic acids is 2. The summed E-state index contributed by atoms with van der Waals surface area (Å²) in [6.45, 7) is 0.0884. The Morgan fingerprint density at radius 1 is 1.19 bits per heavy atom. The summed E-state index contributed by atoms with van der Waals surface area (Å²) in [5.41, 5.74) is 1.28. The number of nitrogens with zero attached hydrogens (tertiary/aromatic N) is 3. The van der Waals surface area contributed by atoms with Gasteiger partial charge in [-0.25, -0.2) is 0 Å². The highest BCUT2D eigenvalue weighted by Crippen LogP contribution is 2.03. The number of carbonyl (C=O) groups is 2. The summed E-state index contributed by atoms with van der Waals surface area (Å²) in [6.07, 6.45) is 8.81. The lowest BCUT2D eigenvalue weighted by molar-refractivity contribution is -0.116. The van der Waals surface area contributed by atoms with Crippen molar-refractivity contribution in [3.05, 3.63) is 71.9 Å². The second-order valence-corrected chi connectivity index (χ2v) is 5.74. The molecule has 1 aromatic heterocycles. The fraction of sp³-hybridized carbons (Fsp3) is 0.263. The van der Waals surface area contributed by atoms with Gasteiger partial charge in [0.15, 0.2) is 5.82 Å². The minimum Gasteiger partial charge on any atom is -0.345 e. The number of aryl methyl sites for hydroxylation is 1. The zero-order valence-corrected chi connectivity index (χ0v) is 14.9. The van der Waals surface area contributed by atoms with E-state index in [9.17, 15) is 9.59 Å². The Labute approximate surface area is 152 Å². The van der Waals surface area contributed by atoms with Gasteiger partial charge in [-0.15, -0.1) is 0 Å². The Bertz CT molecular complexity index is 779. The van der Waals surface area contributed by atoms with Crippen LogP contribution in [0.5, 0.6) is 0 Å². The highest BCUT2D eigenvalue weighted by Gasteiger charge is 2.16. The first kappa shape index (κ1) is 19.1. The van der Waals surface area contributed by atoms with Crippen LogP contribution in [0, 0.1) is 0 Å². The number of benzene rings is 1.